The van der Waals surface area contributed by atoms with Crippen molar-refractivity contribution in [3.63, 3.8) is 0 Å². The fraction of sp³-hybridized carbons (Fsp3) is 0.308. The van der Waals surface area contributed by atoms with Crippen LogP contribution in [0.5, 0.6) is 11.5 Å². The lowest BCUT2D eigenvalue weighted by Crippen LogP contribution is -2.42. The summed E-state index contributed by atoms with van der Waals surface area (Å²) in [6.45, 7) is 8.84. The van der Waals surface area contributed by atoms with Crippen molar-refractivity contribution in [2.45, 2.75) is 27.7 Å². The molecule has 1 aliphatic heterocycles. The molecule has 1 N–H and O–H groups in total. The van der Waals surface area contributed by atoms with Crippen molar-refractivity contribution in [1.29, 1.82) is 0 Å². The lowest BCUT2D eigenvalue weighted by molar-refractivity contribution is -0.127. The molecule has 32 heavy (non-hydrogen) atoms. The maximum atomic E-state index is 13.4. The molecule has 6 heteroatoms. The predicted octanol–water partition coefficient (Wildman–Crippen LogP) is 5.26. The number of fused-ring (bicyclic) bond motifs is 2. The van der Waals surface area contributed by atoms with Gasteiger partial charge < -0.3 is 19.7 Å². The highest BCUT2D eigenvalue weighted by molar-refractivity contribution is 6.15. The third kappa shape index (κ3) is 3.88. The van der Waals surface area contributed by atoms with E-state index in [1.54, 1.807) is 23.1 Å². The third-order valence-electron chi connectivity index (χ3n) is 5.65. The number of nitrogens with one attached hydrogen (secondary N) is 1. The average Bonchev–Trinajstić information content (AvgIpc) is 2.87. The predicted molar refractivity (Wildman–Crippen MR) is 127 cm³/mol. The lowest BCUT2D eigenvalue weighted by Gasteiger charge is -2.27. The summed E-state index contributed by atoms with van der Waals surface area (Å²) in [5.41, 5.74) is 1.09. The van der Waals surface area contributed by atoms with Gasteiger partial charge in [0.25, 0.3) is 5.91 Å². The van der Waals surface area contributed by atoms with E-state index in [0.29, 0.717) is 48.2 Å². The molecule has 166 valence electrons. The second-order valence-electron chi connectivity index (χ2n) is 8.45. The minimum absolute atomic E-state index is 0.00471. The topological polar surface area (TPSA) is 67.9 Å². The van der Waals surface area contributed by atoms with E-state index in [2.05, 4.69) is 5.32 Å². The van der Waals surface area contributed by atoms with Crippen LogP contribution in [0.2, 0.25) is 0 Å². The monoisotopic (exact) mass is 432 g/mol. The zero-order valence-corrected chi connectivity index (χ0v) is 18.9. The first-order chi connectivity index (χ1) is 15.4. The van der Waals surface area contributed by atoms with Crippen molar-refractivity contribution in [3.8, 4) is 11.5 Å². The molecule has 0 unspecified atom stereocenters. The highest BCUT2D eigenvalue weighted by Gasteiger charge is 2.37. The van der Waals surface area contributed by atoms with E-state index in [1.165, 1.54) is 0 Å². The van der Waals surface area contributed by atoms with Crippen LogP contribution >= 0.6 is 0 Å². The lowest BCUT2D eigenvalue weighted by atomic mass is 9.93. The maximum Gasteiger partial charge on any atom is 0.260 e. The smallest absolute Gasteiger partial charge is 0.260 e. The van der Waals surface area contributed by atoms with Gasteiger partial charge in [0.15, 0.2) is 0 Å². The molecular weight excluding hydrogens is 404 g/mol. The molecule has 0 spiro atoms. The van der Waals surface area contributed by atoms with Crippen molar-refractivity contribution in [3.05, 3.63) is 60.2 Å². The molecule has 0 aromatic heterocycles. The molecule has 1 heterocycles. The van der Waals surface area contributed by atoms with Gasteiger partial charge in [-0.3, -0.25) is 9.59 Å². The number of carbonyl (C=O) groups is 2. The van der Waals surface area contributed by atoms with Gasteiger partial charge in [0, 0.05) is 12.2 Å². The number of benzene rings is 3. The molecule has 0 radical (unpaired) electrons. The van der Waals surface area contributed by atoms with Gasteiger partial charge in [-0.05, 0) is 62.7 Å². The van der Waals surface area contributed by atoms with Crippen molar-refractivity contribution in [2.75, 3.05) is 30.0 Å². The Labute approximate surface area is 188 Å². The minimum Gasteiger partial charge on any atom is -0.493 e. The summed E-state index contributed by atoms with van der Waals surface area (Å²) in [5, 5.41) is 4.77. The molecule has 0 atom stereocenters. The van der Waals surface area contributed by atoms with Gasteiger partial charge in [0.2, 0.25) is 5.91 Å². The van der Waals surface area contributed by atoms with E-state index < -0.39 is 5.41 Å². The number of hydrogen-bond acceptors (Lipinski definition) is 4. The molecule has 0 saturated carbocycles. The zero-order chi connectivity index (χ0) is 22.9. The van der Waals surface area contributed by atoms with E-state index in [-0.39, 0.29) is 11.8 Å². The molecule has 0 fully saturated rings. The van der Waals surface area contributed by atoms with Crippen LogP contribution in [0.4, 0.5) is 11.4 Å². The Kier molecular flexibility index (Phi) is 5.78. The normalized spacial score (nSPS) is 15.0. The van der Waals surface area contributed by atoms with Gasteiger partial charge >= 0.3 is 0 Å². The molecule has 0 bridgehead atoms. The third-order valence-corrected chi connectivity index (χ3v) is 5.65. The van der Waals surface area contributed by atoms with Gasteiger partial charge in [-0.15, -0.1) is 0 Å². The van der Waals surface area contributed by atoms with Crippen LogP contribution in [-0.2, 0) is 4.79 Å². The summed E-state index contributed by atoms with van der Waals surface area (Å²) in [6, 6.07) is 16.9. The molecule has 2 amide bonds. The molecule has 4 rings (SSSR count). The van der Waals surface area contributed by atoms with Crippen molar-refractivity contribution in [1.82, 2.24) is 0 Å². The summed E-state index contributed by atoms with van der Waals surface area (Å²) in [4.78, 5) is 28.1. The standard InChI is InChI=1S/C26H28N2O4/c1-5-28-20-15-18(12-14-21(20)32-16-26(3,4)25(28)30)27-24(29)23-19-10-8-7-9-17(19)11-13-22(23)31-6-2/h7-15H,5-6,16H2,1-4H3,(H,27,29). The molecule has 1 aliphatic rings. The SMILES string of the molecule is CCOc1ccc2ccccc2c1C(=O)Nc1ccc2c(c1)N(CC)C(=O)C(C)(C)CO2. The highest BCUT2D eigenvalue weighted by Crippen LogP contribution is 2.38. The first-order valence-electron chi connectivity index (χ1n) is 10.9. The van der Waals surface area contributed by atoms with Crippen molar-refractivity contribution >= 4 is 34.0 Å². The first kappa shape index (κ1) is 21.7. The van der Waals surface area contributed by atoms with E-state index in [0.717, 1.165) is 10.8 Å². The largest absolute Gasteiger partial charge is 0.493 e. The summed E-state index contributed by atoms with van der Waals surface area (Å²) in [7, 11) is 0. The van der Waals surface area contributed by atoms with E-state index in [9.17, 15) is 9.59 Å². The Bertz CT molecular complexity index is 1190. The van der Waals surface area contributed by atoms with Crippen molar-refractivity contribution < 1.29 is 19.1 Å². The molecular formula is C26H28N2O4. The molecule has 0 aliphatic carbocycles. The van der Waals surface area contributed by atoms with Crippen LogP contribution in [0.15, 0.2) is 54.6 Å². The summed E-state index contributed by atoms with van der Waals surface area (Å²) in [6.07, 6.45) is 0. The van der Waals surface area contributed by atoms with E-state index >= 15 is 0 Å². The quantitative estimate of drug-likeness (QED) is 0.597. The Morgan fingerprint density at radius 3 is 2.66 bits per heavy atom. The Hall–Kier alpha value is -3.54. The van der Waals surface area contributed by atoms with Gasteiger partial charge in [-0.25, -0.2) is 0 Å². The summed E-state index contributed by atoms with van der Waals surface area (Å²) in [5.74, 6) is 0.891. The highest BCUT2D eigenvalue weighted by atomic mass is 16.5. The number of amides is 2. The van der Waals surface area contributed by atoms with Crippen LogP contribution in [0.25, 0.3) is 10.8 Å². The van der Waals surface area contributed by atoms with Gasteiger partial charge in [-0.1, -0.05) is 30.3 Å². The van der Waals surface area contributed by atoms with Gasteiger partial charge in [-0.2, -0.15) is 0 Å². The fourth-order valence-electron chi connectivity index (χ4n) is 3.99. The summed E-state index contributed by atoms with van der Waals surface area (Å²) < 4.78 is 11.7. The van der Waals surface area contributed by atoms with Gasteiger partial charge in [0.05, 0.1) is 23.3 Å². The Morgan fingerprint density at radius 1 is 1.12 bits per heavy atom. The Balaban J connectivity index is 1.72. The number of ether oxygens (including phenoxy) is 2. The fourth-order valence-corrected chi connectivity index (χ4v) is 3.99. The molecule has 6 nitrogen and oxygen atoms in total. The second-order valence-corrected chi connectivity index (χ2v) is 8.45. The molecule has 0 saturated heterocycles. The van der Waals surface area contributed by atoms with Crippen LogP contribution in [0.3, 0.4) is 0 Å². The summed E-state index contributed by atoms with van der Waals surface area (Å²) >= 11 is 0. The maximum absolute atomic E-state index is 13.4. The minimum atomic E-state index is -0.631. The number of carbonyl (C=O) groups excluding carboxylic acids is 2. The first-order valence-corrected chi connectivity index (χ1v) is 10.9. The zero-order valence-electron chi connectivity index (χ0n) is 18.9. The second kappa shape index (κ2) is 8.54. The van der Waals surface area contributed by atoms with Crippen LogP contribution in [-0.4, -0.2) is 31.6 Å². The molecule has 3 aromatic rings. The Morgan fingerprint density at radius 2 is 1.91 bits per heavy atom. The number of anilines is 2. The van der Waals surface area contributed by atoms with Crippen LogP contribution < -0.4 is 19.7 Å². The van der Waals surface area contributed by atoms with E-state index in [4.69, 9.17) is 9.47 Å². The van der Waals surface area contributed by atoms with Crippen LogP contribution in [0, 0.1) is 5.41 Å². The molecule has 3 aromatic carbocycles. The number of rotatable bonds is 5. The van der Waals surface area contributed by atoms with E-state index in [1.807, 2.05) is 64.1 Å². The van der Waals surface area contributed by atoms with Crippen LogP contribution in [0.1, 0.15) is 38.1 Å². The average molecular weight is 433 g/mol. The van der Waals surface area contributed by atoms with Crippen molar-refractivity contribution in [2.24, 2.45) is 5.41 Å². The van der Waals surface area contributed by atoms with Gasteiger partial charge in [0.1, 0.15) is 18.1 Å². The number of nitrogens with zero attached hydrogens (tertiary/aromatic N) is 1. The number of hydrogen-bond donors (Lipinski definition) is 1.